The van der Waals surface area contributed by atoms with E-state index in [2.05, 4.69) is 0 Å². The van der Waals surface area contributed by atoms with Gasteiger partial charge in [-0.2, -0.15) is 0 Å². The van der Waals surface area contributed by atoms with Gasteiger partial charge in [0.1, 0.15) is 5.02 Å². The lowest BCUT2D eigenvalue weighted by Gasteiger charge is -1.96. The van der Waals surface area contributed by atoms with Crippen molar-refractivity contribution >= 4 is 38.6 Å². The minimum Gasteiger partial charge on any atom is -0.302 e. The Bertz CT molecular complexity index is 466. The average molecular weight is 259 g/mol. The van der Waals surface area contributed by atoms with Gasteiger partial charge in [0.2, 0.25) is 0 Å². The Morgan fingerprint density at radius 2 is 2.21 bits per heavy atom. The molecule has 0 spiro atoms. The standard InChI is InChI=1S/C4H3ClN2O5S2/c5-3-2(7(9)10)1-13-4(3)14(11,12)6-8/h1,6,8H. The lowest BCUT2D eigenvalue weighted by molar-refractivity contribution is -0.384. The zero-order valence-corrected chi connectivity index (χ0v) is 8.69. The van der Waals surface area contributed by atoms with E-state index in [-0.39, 0.29) is 0 Å². The van der Waals surface area contributed by atoms with E-state index in [9.17, 15) is 18.5 Å². The largest absolute Gasteiger partial charge is 0.302 e. The van der Waals surface area contributed by atoms with Gasteiger partial charge in [-0.25, -0.2) is 8.42 Å². The topological polar surface area (TPSA) is 110 Å². The second-order valence-electron chi connectivity index (χ2n) is 2.07. The minimum absolute atomic E-state index is 0.492. The van der Waals surface area contributed by atoms with E-state index in [1.807, 2.05) is 0 Å². The first-order valence-electron chi connectivity index (χ1n) is 2.97. The molecule has 0 fully saturated rings. The van der Waals surface area contributed by atoms with Crippen molar-refractivity contribution in [3.8, 4) is 0 Å². The smallest absolute Gasteiger partial charge is 0.299 e. The summed E-state index contributed by atoms with van der Waals surface area (Å²) in [4.78, 5) is 10.5. The highest BCUT2D eigenvalue weighted by atomic mass is 35.5. The van der Waals surface area contributed by atoms with Crippen molar-refractivity contribution < 1.29 is 18.5 Å². The van der Waals surface area contributed by atoms with Crippen LogP contribution in [0.15, 0.2) is 9.59 Å². The Hall–Kier alpha value is -0.740. The van der Waals surface area contributed by atoms with Gasteiger partial charge in [-0.1, -0.05) is 16.5 Å². The van der Waals surface area contributed by atoms with Crippen molar-refractivity contribution in [3.63, 3.8) is 0 Å². The third-order valence-corrected chi connectivity index (χ3v) is 4.49. The van der Waals surface area contributed by atoms with Gasteiger partial charge in [-0.15, -0.1) is 11.3 Å². The molecule has 1 rings (SSSR count). The van der Waals surface area contributed by atoms with Gasteiger partial charge in [-0.3, -0.25) is 10.1 Å². The number of halogens is 1. The summed E-state index contributed by atoms with van der Waals surface area (Å²) in [6.45, 7) is 0. The van der Waals surface area contributed by atoms with Crippen LogP contribution in [0.3, 0.4) is 0 Å². The number of hydrogen-bond donors (Lipinski definition) is 2. The maximum Gasteiger partial charge on any atom is 0.299 e. The molecule has 1 aromatic heterocycles. The molecule has 0 aliphatic rings. The Morgan fingerprint density at radius 3 is 2.57 bits per heavy atom. The van der Waals surface area contributed by atoms with E-state index in [4.69, 9.17) is 16.8 Å². The van der Waals surface area contributed by atoms with E-state index in [1.165, 1.54) is 0 Å². The van der Waals surface area contributed by atoms with Crippen molar-refractivity contribution in [2.45, 2.75) is 4.21 Å². The first kappa shape index (κ1) is 11.3. The summed E-state index contributed by atoms with van der Waals surface area (Å²) in [5, 5.41) is 19.0. The fourth-order valence-electron chi connectivity index (χ4n) is 0.663. The van der Waals surface area contributed by atoms with Crippen LogP contribution < -0.4 is 4.89 Å². The van der Waals surface area contributed by atoms with E-state index in [0.717, 1.165) is 10.3 Å². The molecule has 0 saturated heterocycles. The number of rotatable bonds is 3. The molecule has 0 aliphatic heterocycles. The van der Waals surface area contributed by atoms with Crippen LogP contribution in [-0.4, -0.2) is 18.5 Å². The maximum atomic E-state index is 11.0. The van der Waals surface area contributed by atoms with Crippen LogP contribution in [0.2, 0.25) is 5.02 Å². The van der Waals surface area contributed by atoms with Crippen LogP contribution in [0.1, 0.15) is 0 Å². The van der Waals surface area contributed by atoms with Crippen molar-refractivity contribution in [2.24, 2.45) is 0 Å². The number of thiophene rings is 1. The summed E-state index contributed by atoms with van der Waals surface area (Å²) in [5.41, 5.74) is -0.509. The Kier molecular flexibility index (Phi) is 3.07. The van der Waals surface area contributed by atoms with Gasteiger partial charge >= 0.3 is 0 Å². The normalized spacial score (nSPS) is 11.6. The van der Waals surface area contributed by atoms with Gasteiger partial charge in [0.15, 0.2) is 4.21 Å². The molecule has 1 aromatic rings. The summed E-state index contributed by atoms with van der Waals surface area (Å²) in [6, 6.07) is 0. The maximum absolute atomic E-state index is 11.0. The van der Waals surface area contributed by atoms with Gasteiger partial charge in [0.05, 0.1) is 10.3 Å². The van der Waals surface area contributed by atoms with E-state index >= 15 is 0 Å². The zero-order chi connectivity index (χ0) is 10.9. The third-order valence-electron chi connectivity index (χ3n) is 1.24. The number of nitrogens with one attached hydrogen (secondary N) is 1. The van der Waals surface area contributed by atoms with E-state index in [0.29, 0.717) is 11.3 Å². The lowest BCUT2D eigenvalue weighted by Crippen LogP contribution is -2.18. The van der Waals surface area contributed by atoms with Gasteiger partial charge in [0, 0.05) is 0 Å². The number of hydrogen-bond acceptors (Lipinski definition) is 6. The molecular weight excluding hydrogens is 256 g/mol. The van der Waals surface area contributed by atoms with Gasteiger partial charge in [0.25, 0.3) is 15.7 Å². The summed E-state index contributed by atoms with van der Waals surface area (Å²) in [5.74, 6) is 0. The molecule has 0 aromatic carbocycles. The molecule has 0 atom stereocenters. The van der Waals surface area contributed by atoms with Crippen LogP contribution in [0.5, 0.6) is 0 Å². The zero-order valence-electron chi connectivity index (χ0n) is 6.30. The molecule has 1 heterocycles. The van der Waals surface area contributed by atoms with Crippen LogP contribution in [0.4, 0.5) is 5.69 Å². The Morgan fingerprint density at radius 1 is 1.64 bits per heavy atom. The minimum atomic E-state index is -4.15. The van der Waals surface area contributed by atoms with Crippen molar-refractivity contribution in [1.29, 1.82) is 0 Å². The fourth-order valence-corrected chi connectivity index (χ4v) is 3.11. The molecule has 0 aliphatic carbocycles. The van der Waals surface area contributed by atoms with E-state index < -0.39 is 29.9 Å². The molecule has 10 heteroatoms. The molecule has 78 valence electrons. The van der Waals surface area contributed by atoms with Crippen LogP contribution >= 0.6 is 22.9 Å². The van der Waals surface area contributed by atoms with Crippen LogP contribution in [-0.2, 0) is 10.0 Å². The third kappa shape index (κ3) is 1.86. The molecular formula is C4H3ClN2O5S2. The Balaban J connectivity index is 3.34. The van der Waals surface area contributed by atoms with Gasteiger partial charge in [-0.05, 0) is 0 Å². The molecule has 14 heavy (non-hydrogen) atoms. The number of nitrogens with zero attached hydrogens (tertiary/aromatic N) is 1. The van der Waals surface area contributed by atoms with Crippen molar-refractivity contribution in [3.05, 3.63) is 20.5 Å². The molecule has 2 N–H and O–H groups in total. The molecule has 0 amide bonds. The highest BCUT2D eigenvalue weighted by Crippen LogP contribution is 2.36. The quantitative estimate of drug-likeness (QED) is 0.620. The Labute approximate surface area is 87.1 Å². The predicted octanol–water partition coefficient (Wildman–Crippen LogP) is 0.977. The van der Waals surface area contributed by atoms with Crippen molar-refractivity contribution in [1.82, 2.24) is 4.89 Å². The lowest BCUT2D eigenvalue weighted by atomic mass is 10.5. The second kappa shape index (κ2) is 3.79. The number of sulfonamides is 1. The summed E-state index contributed by atoms with van der Waals surface area (Å²) < 4.78 is 21.5. The first-order valence-corrected chi connectivity index (χ1v) is 5.71. The van der Waals surface area contributed by atoms with Crippen molar-refractivity contribution in [2.75, 3.05) is 0 Å². The molecule has 7 nitrogen and oxygen atoms in total. The molecule has 0 saturated carbocycles. The first-order chi connectivity index (χ1) is 6.40. The summed E-state index contributed by atoms with van der Waals surface area (Å²) in [7, 11) is -4.15. The van der Waals surface area contributed by atoms with E-state index in [1.54, 1.807) is 0 Å². The highest BCUT2D eigenvalue weighted by molar-refractivity contribution is 7.91. The van der Waals surface area contributed by atoms with Gasteiger partial charge < -0.3 is 5.21 Å². The summed E-state index contributed by atoms with van der Waals surface area (Å²) >= 11 is 5.97. The monoisotopic (exact) mass is 258 g/mol. The highest BCUT2D eigenvalue weighted by Gasteiger charge is 2.27. The molecule has 0 radical (unpaired) electrons. The fraction of sp³-hybridized carbons (Fsp3) is 0. The second-order valence-corrected chi connectivity index (χ2v) is 5.19. The van der Waals surface area contributed by atoms with Crippen LogP contribution in [0, 0.1) is 10.1 Å². The SMILES string of the molecule is O=[N+]([O-])c1csc(S(=O)(=O)NO)c1Cl. The van der Waals surface area contributed by atoms with Crippen LogP contribution in [0.25, 0.3) is 0 Å². The average Bonchev–Trinajstić information content (AvgIpc) is 2.47. The predicted molar refractivity (Wildman–Crippen MR) is 48.1 cm³/mol. The molecule has 0 bridgehead atoms. The summed E-state index contributed by atoms with van der Waals surface area (Å²) in [6.07, 6.45) is 0. The number of nitro groups is 1. The molecule has 0 unspecified atom stereocenters.